The zero-order valence-electron chi connectivity index (χ0n) is 14.3. The number of hydrazine groups is 1. The third kappa shape index (κ3) is 5.17. The quantitative estimate of drug-likeness (QED) is 0.317. The smallest absolute Gasteiger partial charge is 0.206 e. The zero-order chi connectivity index (χ0) is 15.5. The second-order valence-corrected chi connectivity index (χ2v) is 8.67. The standard InChI is InChI=1S/C17H34N4/c1-16(2)10-14(11-17(3,4)12-16)20-15(21-18)19-13-8-6-5-7-9-13/h13-14H,5-12,18H2,1-4H3,(H2,19,20,21). The second kappa shape index (κ2) is 6.55. The number of nitrogens with zero attached hydrogens (tertiary/aromatic N) is 1. The normalized spacial score (nSPS) is 27.4. The maximum Gasteiger partial charge on any atom is 0.206 e. The molecule has 0 unspecified atom stereocenters. The van der Waals surface area contributed by atoms with Gasteiger partial charge in [-0.1, -0.05) is 47.0 Å². The van der Waals surface area contributed by atoms with Crippen molar-refractivity contribution in [3.63, 3.8) is 0 Å². The molecule has 0 aromatic heterocycles. The molecule has 0 amide bonds. The predicted octanol–water partition coefficient (Wildman–Crippen LogP) is 3.33. The van der Waals surface area contributed by atoms with E-state index in [-0.39, 0.29) is 0 Å². The van der Waals surface area contributed by atoms with Gasteiger partial charge in [0.05, 0.1) is 6.04 Å². The van der Waals surface area contributed by atoms with Gasteiger partial charge in [0.25, 0.3) is 0 Å². The van der Waals surface area contributed by atoms with Gasteiger partial charge in [-0.15, -0.1) is 0 Å². The van der Waals surface area contributed by atoms with E-state index < -0.39 is 0 Å². The van der Waals surface area contributed by atoms with Crippen LogP contribution in [-0.2, 0) is 0 Å². The zero-order valence-corrected chi connectivity index (χ0v) is 14.3. The minimum absolute atomic E-state index is 0.379. The van der Waals surface area contributed by atoms with Crippen molar-refractivity contribution in [2.24, 2.45) is 21.7 Å². The molecule has 0 aliphatic heterocycles. The molecule has 0 radical (unpaired) electrons. The molecule has 4 nitrogen and oxygen atoms in total. The lowest BCUT2D eigenvalue weighted by Crippen LogP contribution is -2.51. The third-order valence-electron chi connectivity index (χ3n) is 4.92. The van der Waals surface area contributed by atoms with Gasteiger partial charge >= 0.3 is 0 Å². The molecule has 2 aliphatic rings. The highest BCUT2D eigenvalue weighted by molar-refractivity contribution is 5.79. The molecule has 2 saturated carbocycles. The Hall–Kier alpha value is -0.770. The van der Waals surface area contributed by atoms with Crippen molar-refractivity contribution in [3.05, 3.63) is 0 Å². The minimum Gasteiger partial charge on any atom is -0.353 e. The largest absolute Gasteiger partial charge is 0.353 e. The first-order valence-electron chi connectivity index (χ1n) is 8.61. The molecule has 2 fully saturated rings. The molecule has 0 saturated heterocycles. The predicted molar refractivity (Wildman–Crippen MR) is 90.0 cm³/mol. The number of hydrogen-bond donors (Lipinski definition) is 3. The van der Waals surface area contributed by atoms with E-state index in [9.17, 15) is 0 Å². The monoisotopic (exact) mass is 294 g/mol. The Kier molecular flexibility index (Phi) is 5.18. The van der Waals surface area contributed by atoms with Crippen LogP contribution in [0.3, 0.4) is 0 Å². The van der Waals surface area contributed by atoms with Crippen molar-refractivity contribution in [2.45, 2.75) is 91.1 Å². The second-order valence-electron chi connectivity index (χ2n) is 8.67. The molecule has 0 bridgehead atoms. The average molecular weight is 294 g/mol. The van der Waals surface area contributed by atoms with E-state index in [1.54, 1.807) is 0 Å². The van der Waals surface area contributed by atoms with Crippen molar-refractivity contribution in [1.82, 2.24) is 10.7 Å². The van der Waals surface area contributed by atoms with E-state index in [0.717, 1.165) is 5.96 Å². The molecule has 0 atom stereocenters. The molecular weight excluding hydrogens is 260 g/mol. The van der Waals surface area contributed by atoms with E-state index in [1.807, 2.05) is 0 Å². The summed E-state index contributed by atoms with van der Waals surface area (Å²) in [5.41, 5.74) is 3.55. The summed E-state index contributed by atoms with van der Waals surface area (Å²) < 4.78 is 0. The summed E-state index contributed by atoms with van der Waals surface area (Å²) in [7, 11) is 0. The van der Waals surface area contributed by atoms with Gasteiger partial charge in [0.15, 0.2) is 0 Å². The van der Waals surface area contributed by atoms with Gasteiger partial charge < -0.3 is 5.32 Å². The van der Waals surface area contributed by atoms with E-state index in [1.165, 1.54) is 51.4 Å². The molecule has 0 aromatic rings. The molecule has 0 spiro atoms. The van der Waals surface area contributed by atoms with Crippen LogP contribution >= 0.6 is 0 Å². The minimum atomic E-state index is 0.379. The Morgan fingerprint density at radius 1 is 1.00 bits per heavy atom. The molecule has 4 heteroatoms. The van der Waals surface area contributed by atoms with Crippen molar-refractivity contribution < 1.29 is 0 Å². The molecule has 0 heterocycles. The summed E-state index contributed by atoms with van der Waals surface area (Å²) in [4.78, 5) is 4.81. The highest BCUT2D eigenvalue weighted by Crippen LogP contribution is 2.45. The number of nitrogens with two attached hydrogens (primary N) is 1. The topological polar surface area (TPSA) is 62.4 Å². The third-order valence-corrected chi connectivity index (χ3v) is 4.92. The summed E-state index contributed by atoms with van der Waals surface area (Å²) in [5.74, 6) is 6.49. The summed E-state index contributed by atoms with van der Waals surface area (Å²) in [5, 5.41) is 3.58. The number of nitrogens with one attached hydrogen (secondary N) is 2. The summed E-state index contributed by atoms with van der Waals surface area (Å²) in [6.45, 7) is 9.49. The lowest BCUT2D eigenvalue weighted by molar-refractivity contribution is 0.0918. The van der Waals surface area contributed by atoms with Crippen molar-refractivity contribution in [2.75, 3.05) is 0 Å². The highest BCUT2D eigenvalue weighted by atomic mass is 15.3. The first kappa shape index (κ1) is 16.6. The fraction of sp³-hybridized carbons (Fsp3) is 0.941. The van der Waals surface area contributed by atoms with Crippen LogP contribution in [0.5, 0.6) is 0 Å². The molecular formula is C17H34N4. The van der Waals surface area contributed by atoms with Crippen LogP contribution in [0, 0.1) is 10.8 Å². The van der Waals surface area contributed by atoms with Crippen LogP contribution < -0.4 is 16.6 Å². The van der Waals surface area contributed by atoms with E-state index in [0.29, 0.717) is 22.9 Å². The van der Waals surface area contributed by atoms with Crippen LogP contribution in [0.2, 0.25) is 0 Å². The Bertz CT molecular complexity index is 351. The van der Waals surface area contributed by atoms with Crippen LogP contribution in [0.25, 0.3) is 0 Å². The maximum atomic E-state index is 5.70. The van der Waals surface area contributed by atoms with Gasteiger partial charge in [0, 0.05) is 6.04 Å². The average Bonchev–Trinajstić information content (AvgIpc) is 2.35. The Morgan fingerprint density at radius 3 is 2.10 bits per heavy atom. The lowest BCUT2D eigenvalue weighted by Gasteiger charge is -2.45. The number of aliphatic imine (C=N–C) groups is 1. The van der Waals surface area contributed by atoms with Crippen LogP contribution in [0.4, 0.5) is 0 Å². The van der Waals surface area contributed by atoms with Gasteiger partial charge in [0.1, 0.15) is 0 Å². The molecule has 2 rings (SSSR count). The van der Waals surface area contributed by atoms with E-state index in [4.69, 9.17) is 10.8 Å². The molecule has 4 N–H and O–H groups in total. The van der Waals surface area contributed by atoms with E-state index >= 15 is 0 Å². The van der Waals surface area contributed by atoms with Crippen LogP contribution in [0.1, 0.15) is 79.1 Å². The molecule has 0 aromatic carbocycles. The Morgan fingerprint density at radius 2 is 1.57 bits per heavy atom. The lowest BCUT2D eigenvalue weighted by atomic mass is 9.63. The summed E-state index contributed by atoms with van der Waals surface area (Å²) in [6.07, 6.45) is 10.0. The molecule has 21 heavy (non-hydrogen) atoms. The van der Waals surface area contributed by atoms with Crippen molar-refractivity contribution in [3.8, 4) is 0 Å². The first-order valence-corrected chi connectivity index (χ1v) is 8.61. The van der Waals surface area contributed by atoms with Crippen molar-refractivity contribution in [1.29, 1.82) is 0 Å². The number of hydrogen-bond acceptors (Lipinski definition) is 2. The summed E-state index contributed by atoms with van der Waals surface area (Å²) in [6, 6.07) is 0.907. The SMILES string of the molecule is CC1(C)CC(NC(=NC2CCCCC2)NN)CC(C)(C)C1. The summed E-state index contributed by atoms with van der Waals surface area (Å²) >= 11 is 0. The van der Waals surface area contributed by atoms with Crippen molar-refractivity contribution >= 4 is 5.96 Å². The Labute approximate surface area is 130 Å². The molecule has 2 aliphatic carbocycles. The van der Waals surface area contributed by atoms with Gasteiger partial charge in [-0.05, 0) is 42.9 Å². The maximum absolute atomic E-state index is 5.70. The number of rotatable bonds is 2. The molecule has 122 valence electrons. The van der Waals surface area contributed by atoms with E-state index in [2.05, 4.69) is 38.4 Å². The first-order chi connectivity index (χ1) is 9.80. The highest BCUT2D eigenvalue weighted by Gasteiger charge is 2.38. The fourth-order valence-corrected chi connectivity index (χ4v) is 4.65. The van der Waals surface area contributed by atoms with Gasteiger partial charge in [0.2, 0.25) is 5.96 Å². The van der Waals surface area contributed by atoms with Crippen LogP contribution in [-0.4, -0.2) is 18.0 Å². The van der Waals surface area contributed by atoms with Crippen LogP contribution in [0.15, 0.2) is 4.99 Å². The Balaban J connectivity index is 1.98. The fourth-order valence-electron chi connectivity index (χ4n) is 4.65. The van der Waals surface area contributed by atoms with Gasteiger partial charge in [-0.2, -0.15) is 0 Å². The van der Waals surface area contributed by atoms with Gasteiger partial charge in [-0.3, -0.25) is 5.43 Å². The number of guanidine groups is 1. The van der Waals surface area contributed by atoms with Gasteiger partial charge in [-0.25, -0.2) is 10.8 Å².